The Morgan fingerprint density at radius 3 is 1.95 bits per heavy atom. The van der Waals surface area contributed by atoms with E-state index in [1.54, 1.807) is 6.92 Å². The first kappa shape index (κ1) is 17.1. The van der Waals surface area contributed by atoms with Crippen molar-refractivity contribution in [2.45, 2.75) is 33.7 Å². The predicted octanol–water partition coefficient (Wildman–Crippen LogP) is 3.17. The van der Waals surface area contributed by atoms with Gasteiger partial charge in [-0.3, -0.25) is 4.79 Å². The molecule has 21 heavy (non-hydrogen) atoms. The molecule has 1 rings (SSSR count). The lowest BCUT2D eigenvalue weighted by atomic mass is 9.86. The highest BCUT2D eigenvalue weighted by Gasteiger charge is 2.30. The maximum absolute atomic E-state index is 13.3. The van der Waals surface area contributed by atoms with Crippen LogP contribution in [0.4, 0.5) is 8.78 Å². The zero-order valence-corrected chi connectivity index (χ0v) is 12.7. The quantitative estimate of drug-likeness (QED) is 0.932. The Morgan fingerprint density at radius 2 is 1.57 bits per heavy atom. The Labute approximate surface area is 122 Å². The molecule has 1 aromatic rings. The first-order valence-electron chi connectivity index (χ1n) is 6.46. The molecule has 116 valence electrons. The van der Waals surface area contributed by atoms with Gasteiger partial charge in [-0.2, -0.15) is 0 Å². The lowest BCUT2D eigenvalue weighted by molar-refractivity contribution is 0.0609. The van der Waals surface area contributed by atoms with Gasteiger partial charge in [-0.05, 0) is 24.5 Å². The molecule has 1 atom stereocenters. The fraction of sp³-hybridized carbons (Fsp3) is 0.467. The second-order valence-electron chi connectivity index (χ2n) is 6.08. The van der Waals surface area contributed by atoms with Gasteiger partial charge in [-0.15, -0.1) is 0 Å². The number of carboxylic acid groups (broad SMARTS) is 1. The van der Waals surface area contributed by atoms with Gasteiger partial charge in [0.15, 0.2) is 11.6 Å². The number of aromatic carboxylic acids is 1. The molecular weight excluding hydrogens is 280 g/mol. The SMILES string of the molecule is CC(N(C)C(=O)c1cc(F)c(F)cc1C(=O)O)C(C)(C)C. The number of carboxylic acids is 1. The van der Waals surface area contributed by atoms with Crippen molar-refractivity contribution in [3.8, 4) is 0 Å². The molecule has 0 heterocycles. The van der Waals surface area contributed by atoms with Gasteiger partial charge in [-0.25, -0.2) is 13.6 Å². The molecule has 0 saturated carbocycles. The van der Waals surface area contributed by atoms with Gasteiger partial charge in [0.2, 0.25) is 0 Å². The summed E-state index contributed by atoms with van der Waals surface area (Å²) in [5, 5.41) is 9.05. The molecule has 1 N–H and O–H groups in total. The maximum atomic E-state index is 13.3. The third-order valence-corrected chi connectivity index (χ3v) is 3.68. The topological polar surface area (TPSA) is 57.6 Å². The molecular formula is C15H19F2NO3. The molecule has 0 aromatic heterocycles. The molecule has 0 aliphatic carbocycles. The predicted molar refractivity (Wildman–Crippen MR) is 74.3 cm³/mol. The van der Waals surface area contributed by atoms with E-state index in [-0.39, 0.29) is 17.0 Å². The van der Waals surface area contributed by atoms with Crippen molar-refractivity contribution in [3.05, 3.63) is 34.9 Å². The highest BCUT2D eigenvalue weighted by Crippen LogP contribution is 2.25. The molecule has 4 nitrogen and oxygen atoms in total. The maximum Gasteiger partial charge on any atom is 0.336 e. The molecule has 1 aromatic carbocycles. The number of amides is 1. The Morgan fingerprint density at radius 1 is 1.14 bits per heavy atom. The van der Waals surface area contributed by atoms with Crippen molar-refractivity contribution >= 4 is 11.9 Å². The summed E-state index contributed by atoms with van der Waals surface area (Å²) in [5.74, 6) is -4.68. The van der Waals surface area contributed by atoms with Crippen LogP contribution in [0.15, 0.2) is 12.1 Å². The molecule has 0 spiro atoms. The third-order valence-electron chi connectivity index (χ3n) is 3.68. The third kappa shape index (κ3) is 3.56. The van der Waals surface area contributed by atoms with Gasteiger partial charge in [-0.1, -0.05) is 20.8 Å². The summed E-state index contributed by atoms with van der Waals surface area (Å²) in [6.45, 7) is 7.57. The average Bonchev–Trinajstić information content (AvgIpc) is 2.37. The van der Waals surface area contributed by atoms with Crippen LogP contribution in [0.5, 0.6) is 0 Å². The second kappa shape index (κ2) is 5.79. The molecule has 0 radical (unpaired) electrons. The Kier molecular flexibility index (Phi) is 4.71. The van der Waals surface area contributed by atoms with Crippen LogP contribution in [0, 0.1) is 17.0 Å². The fourth-order valence-corrected chi connectivity index (χ4v) is 1.85. The molecule has 0 bridgehead atoms. The molecule has 0 aliphatic heterocycles. The summed E-state index contributed by atoms with van der Waals surface area (Å²) in [4.78, 5) is 24.8. The minimum atomic E-state index is -1.48. The summed E-state index contributed by atoms with van der Waals surface area (Å²) in [5.41, 5.74) is -1.15. The molecule has 6 heteroatoms. The molecule has 0 fully saturated rings. The van der Waals surface area contributed by atoms with E-state index >= 15 is 0 Å². The first-order valence-corrected chi connectivity index (χ1v) is 6.46. The number of hydrogen-bond acceptors (Lipinski definition) is 2. The fourth-order valence-electron chi connectivity index (χ4n) is 1.85. The van der Waals surface area contributed by atoms with Crippen molar-refractivity contribution in [2.24, 2.45) is 5.41 Å². The van der Waals surface area contributed by atoms with Crippen molar-refractivity contribution in [1.29, 1.82) is 0 Å². The molecule has 1 amide bonds. The van der Waals surface area contributed by atoms with Crippen LogP contribution < -0.4 is 0 Å². The number of benzene rings is 1. The van der Waals surface area contributed by atoms with Crippen molar-refractivity contribution < 1.29 is 23.5 Å². The standard InChI is InChI=1S/C15H19F2NO3/c1-8(15(2,3)4)18(5)13(19)9-6-11(16)12(17)7-10(9)14(20)21/h6-8H,1-5H3,(H,20,21). The number of carbonyl (C=O) groups excluding carboxylic acids is 1. The van der Waals surface area contributed by atoms with Crippen LogP contribution in [0.3, 0.4) is 0 Å². The summed E-state index contributed by atoms with van der Waals surface area (Å²) in [6.07, 6.45) is 0. The van der Waals surface area contributed by atoms with Gasteiger partial charge in [0.1, 0.15) is 0 Å². The van der Waals surface area contributed by atoms with Crippen molar-refractivity contribution in [2.75, 3.05) is 7.05 Å². The van der Waals surface area contributed by atoms with Gasteiger partial charge < -0.3 is 10.0 Å². The van der Waals surface area contributed by atoms with Crippen LogP contribution in [0.25, 0.3) is 0 Å². The number of carbonyl (C=O) groups is 2. The zero-order valence-electron chi connectivity index (χ0n) is 12.7. The Hall–Kier alpha value is -1.98. The first-order chi connectivity index (χ1) is 9.46. The van der Waals surface area contributed by atoms with Gasteiger partial charge in [0.05, 0.1) is 11.1 Å². The molecule has 0 saturated heterocycles. The minimum Gasteiger partial charge on any atom is -0.478 e. The summed E-state index contributed by atoms with van der Waals surface area (Å²) >= 11 is 0. The van der Waals surface area contributed by atoms with E-state index in [4.69, 9.17) is 5.11 Å². The van der Waals surface area contributed by atoms with Crippen molar-refractivity contribution in [1.82, 2.24) is 4.90 Å². The normalized spacial score (nSPS) is 12.9. The van der Waals surface area contributed by atoms with Gasteiger partial charge >= 0.3 is 5.97 Å². The second-order valence-corrected chi connectivity index (χ2v) is 6.08. The van der Waals surface area contributed by atoms with E-state index in [9.17, 15) is 18.4 Å². The van der Waals surface area contributed by atoms with Crippen LogP contribution in [0.2, 0.25) is 0 Å². The lowest BCUT2D eigenvalue weighted by Crippen LogP contribution is -2.43. The number of nitrogens with zero attached hydrogens (tertiary/aromatic N) is 1. The monoisotopic (exact) mass is 299 g/mol. The molecule has 0 aliphatic rings. The smallest absolute Gasteiger partial charge is 0.336 e. The summed E-state index contributed by atoms with van der Waals surface area (Å²) in [7, 11) is 1.51. The van der Waals surface area contributed by atoms with Gasteiger partial charge in [0, 0.05) is 13.1 Å². The van der Waals surface area contributed by atoms with E-state index < -0.39 is 29.1 Å². The minimum absolute atomic E-state index is 0.222. The van der Waals surface area contributed by atoms with Crippen LogP contribution >= 0.6 is 0 Å². The highest BCUT2D eigenvalue weighted by molar-refractivity contribution is 6.04. The zero-order chi connectivity index (χ0) is 16.5. The summed E-state index contributed by atoms with van der Waals surface area (Å²) < 4.78 is 26.5. The average molecular weight is 299 g/mol. The van der Waals surface area contributed by atoms with Crippen molar-refractivity contribution in [3.63, 3.8) is 0 Å². The van der Waals surface area contributed by atoms with E-state index in [1.165, 1.54) is 11.9 Å². The van der Waals surface area contributed by atoms with E-state index in [0.29, 0.717) is 12.1 Å². The van der Waals surface area contributed by atoms with Crippen LogP contribution in [-0.4, -0.2) is 35.0 Å². The van der Waals surface area contributed by atoms with Crippen LogP contribution in [0.1, 0.15) is 48.4 Å². The molecule has 1 unspecified atom stereocenters. The van der Waals surface area contributed by atoms with Crippen LogP contribution in [-0.2, 0) is 0 Å². The van der Waals surface area contributed by atoms with Gasteiger partial charge in [0.25, 0.3) is 5.91 Å². The highest BCUT2D eigenvalue weighted by atomic mass is 19.2. The van der Waals surface area contributed by atoms with E-state index in [2.05, 4.69) is 0 Å². The Bertz CT molecular complexity index is 579. The van der Waals surface area contributed by atoms with E-state index in [1.807, 2.05) is 20.8 Å². The summed E-state index contributed by atoms with van der Waals surface area (Å²) in [6, 6.07) is 0.938. The largest absolute Gasteiger partial charge is 0.478 e. The van der Waals surface area contributed by atoms with E-state index in [0.717, 1.165) is 0 Å². The Balaban J connectivity index is 3.30. The number of rotatable bonds is 3. The number of hydrogen-bond donors (Lipinski definition) is 1. The lowest BCUT2D eigenvalue weighted by Gasteiger charge is -2.35. The number of halogens is 2.